The first-order valence-corrected chi connectivity index (χ1v) is 9.94. The molecule has 0 aromatic carbocycles. The summed E-state index contributed by atoms with van der Waals surface area (Å²) in [7, 11) is 0. The largest absolute Gasteiger partial charge is 0.490 e. The number of morpholine rings is 1. The van der Waals surface area contributed by atoms with Crippen LogP contribution in [0.2, 0.25) is 0 Å². The van der Waals surface area contributed by atoms with Crippen molar-refractivity contribution in [3.8, 4) is 0 Å². The van der Waals surface area contributed by atoms with Crippen LogP contribution >= 0.6 is 0 Å². The molecule has 3 aliphatic rings. The van der Waals surface area contributed by atoms with Crippen LogP contribution < -0.4 is 0 Å². The molecule has 0 spiro atoms. The maximum absolute atomic E-state index is 12.7. The number of hydrogen-bond acceptors (Lipinski definition) is 6. The Labute approximate surface area is 171 Å². The summed E-state index contributed by atoms with van der Waals surface area (Å²) in [4.78, 5) is 26.0. The summed E-state index contributed by atoms with van der Waals surface area (Å²) in [6, 6.07) is 0. The first kappa shape index (κ1) is 22.5. The van der Waals surface area contributed by atoms with Crippen LogP contribution in [-0.2, 0) is 20.9 Å². The number of nitrogens with zero attached hydrogens (tertiary/aromatic N) is 3. The lowest BCUT2D eigenvalue weighted by atomic mass is 9.99. The number of carbonyl (C=O) groups is 2. The number of aromatic nitrogens is 1. The summed E-state index contributed by atoms with van der Waals surface area (Å²) < 4.78 is 43.1. The minimum atomic E-state index is -5.08. The van der Waals surface area contributed by atoms with Crippen LogP contribution in [0.4, 0.5) is 13.2 Å². The predicted octanol–water partition coefficient (Wildman–Crippen LogP) is 2.14. The van der Waals surface area contributed by atoms with E-state index in [9.17, 15) is 18.0 Å². The van der Waals surface area contributed by atoms with Crippen molar-refractivity contribution < 1.29 is 37.1 Å². The minimum Gasteiger partial charge on any atom is -0.475 e. The minimum absolute atomic E-state index is 0.0438. The van der Waals surface area contributed by atoms with Gasteiger partial charge in [-0.25, -0.2) is 4.79 Å². The maximum atomic E-state index is 12.7. The number of hydrogen-bond donors (Lipinski definition) is 1. The van der Waals surface area contributed by atoms with Crippen molar-refractivity contribution in [3.63, 3.8) is 0 Å². The van der Waals surface area contributed by atoms with E-state index in [-0.39, 0.29) is 18.1 Å². The third-order valence-corrected chi connectivity index (χ3v) is 5.77. The Balaban J connectivity index is 0.000000318. The fourth-order valence-electron chi connectivity index (χ4n) is 4.25. The summed E-state index contributed by atoms with van der Waals surface area (Å²) in [6.45, 7) is 8.35. The van der Waals surface area contributed by atoms with E-state index in [4.69, 9.17) is 19.2 Å². The SMILES string of the molecule is Cc1noc(C)c1CN1CC2CC(C(=O)N3CCCC3)C(C1)O2.O=C(O)C(F)(F)F. The highest BCUT2D eigenvalue weighted by atomic mass is 19.4. The smallest absolute Gasteiger partial charge is 0.475 e. The van der Waals surface area contributed by atoms with Gasteiger partial charge in [0, 0.05) is 38.3 Å². The van der Waals surface area contributed by atoms with Gasteiger partial charge in [0.15, 0.2) is 0 Å². The second kappa shape index (κ2) is 8.93. The molecule has 1 aromatic rings. The first-order chi connectivity index (χ1) is 14.1. The Hall–Kier alpha value is -2.14. The second-order valence-corrected chi connectivity index (χ2v) is 7.97. The molecule has 0 saturated carbocycles. The Morgan fingerprint density at radius 2 is 1.83 bits per heavy atom. The van der Waals surface area contributed by atoms with E-state index < -0.39 is 12.1 Å². The second-order valence-electron chi connectivity index (χ2n) is 7.97. The third kappa shape index (κ3) is 5.12. The van der Waals surface area contributed by atoms with Gasteiger partial charge < -0.3 is 19.3 Å². The molecular formula is C19H26F3N3O5. The lowest BCUT2D eigenvalue weighted by Crippen LogP contribution is -2.45. The molecule has 0 aliphatic carbocycles. The number of halogens is 3. The van der Waals surface area contributed by atoms with Crippen LogP contribution in [0.15, 0.2) is 4.52 Å². The molecule has 2 bridgehead atoms. The summed E-state index contributed by atoms with van der Waals surface area (Å²) >= 11 is 0. The third-order valence-electron chi connectivity index (χ3n) is 5.77. The molecule has 3 fully saturated rings. The van der Waals surface area contributed by atoms with Gasteiger partial charge in [-0.15, -0.1) is 0 Å². The zero-order valence-electron chi connectivity index (χ0n) is 16.9. The molecule has 168 valence electrons. The van der Waals surface area contributed by atoms with E-state index >= 15 is 0 Å². The van der Waals surface area contributed by atoms with Crippen molar-refractivity contribution in [2.75, 3.05) is 26.2 Å². The number of aliphatic carboxylic acids is 1. The monoisotopic (exact) mass is 433 g/mol. The highest BCUT2D eigenvalue weighted by Crippen LogP contribution is 2.34. The van der Waals surface area contributed by atoms with Gasteiger partial charge in [0.2, 0.25) is 5.91 Å². The molecule has 4 heterocycles. The van der Waals surface area contributed by atoms with Crippen molar-refractivity contribution >= 4 is 11.9 Å². The highest BCUT2D eigenvalue weighted by Gasteiger charge is 2.46. The van der Waals surface area contributed by atoms with Crippen LogP contribution in [0.3, 0.4) is 0 Å². The fourth-order valence-corrected chi connectivity index (χ4v) is 4.25. The summed E-state index contributed by atoms with van der Waals surface area (Å²) in [5.74, 6) is -1.50. The van der Waals surface area contributed by atoms with Gasteiger partial charge in [-0.2, -0.15) is 13.2 Å². The molecule has 1 aromatic heterocycles. The van der Waals surface area contributed by atoms with Crippen LogP contribution in [0, 0.1) is 19.8 Å². The molecule has 4 rings (SSSR count). The predicted molar refractivity (Wildman–Crippen MR) is 97.5 cm³/mol. The van der Waals surface area contributed by atoms with Crippen molar-refractivity contribution in [2.45, 2.75) is 58.0 Å². The number of likely N-dealkylation sites (tertiary alicyclic amines) is 2. The maximum Gasteiger partial charge on any atom is 0.490 e. The number of carbonyl (C=O) groups excluding carboxylic acids is 1. The number of rotatable bonds is 3. The number of fused-ring (bicyclic) bond motifs is 2. The standard InChI is InChI=1S/C17H25N3O3.C2HF3O2/c1-11-15(12(2)23-18-11)9-19-8-13-7-14(16(10-19)22-13)17(21)20-5-3-4-6-20;3-2(4,5)1(6)7/h13-14,16H,3-10H2,1-2H3;(H,6,7). The Morgan fingerprint density at radius 1 is 1.20 bits per heavy atom. The fraction of sp³-hybridized carbons (Fsp3) is 0.737. The quantitative estimate of drug-likeness (QED) is 0.780. The average molecular weight is 433 g/mol. The number of carboxylic acids is 1. The van der Waals surface area contributed by atoms with Crippen molar-refractivity contribution in [2.24, 2.45) is 5.92 Å². The van der Waals surface area contributed by atoms with E-state index in [0.717, 1.165) is 63.4 Å². The molecule has 1 amide bonds. The van der Waals surface area contributed by atoms with E-state index in [0.29, 0.717) is 5.91 Å². The molecule has 3 unspecified atom stereocenters. The van der Waals surface area contributed by atoms with Gasteiger partial charge in [0.05, 0.1) is 23.8 Å². The summed E-state index contributed by atoms with van der Waals surface area (Å²) in [5, 5.41) is 11.2. The van der Waals surface area contributed by atoms with E-state index in [1.165, 1.54) is 5.56 Å². The van der Waals surface area contributed by atoms with Crippen molar-refractivity contribution in [1.29, 1.82) is 0 Å². The summed E-state index contributed by atoms with van der Waals surface area (Å²) in [5.41, 5.74) is 2.14. The Bertz CT molecular complexity index is 756. The van der Waals surface area contributed by atoms with E-state index in [1.54, 1.807) is 0 Å². The lowest BCUT2D eigenvalue weighted by molar-refractivity contribution is -0.192. The van der Waals surface area contributed by atoms with Gasteiger partial charge in [0.25, 0.3) is 0 Å². The zero-order valence-corrected chi connectivity index (χ0v) is 16.9. The van der Waals surface area contributed by atoms with Gasteiger partial charge in [-0.05, 0) is 33.1 Å². The number of amides is 1. The molecule has 8 nitrogen and oxygen atoms in total. The van der Waals surface area contributed by atoms with E-state index in [2.05, 4.69) is 10.1 Å². The van der Waals surface area contributed by atoms with Crippen LogP contribution in [0.1, 0.15) is 36.3 Å². The molecule has 0 radical (unpaired) electrons. The number of aryl methyl sites for hydroxylation is 2. The summed E-state index contributed by atoms with van der Waals surface area (Å²) in [6.07, 6.45) is -1.69. The number of ether oxygens (including phenoxy) is 1. The van der Waals surface area contributed by atoms with Gasteiger partial charge in [-0.3, -0.25) is 9.69 Å². The number of alkyl halides is 3. The van der Waals surface area contributed by atoms with Gasteiger partial charge in [0.1, 0.15) is 5.76 Å². The number of carboxylic acid groups (broad SMARTS) is 1. The molecule has 11 heteroatoms. The van der Waals surface area contributed by atoms with Gasteiger partial charge >= 0.3 is 12.1 Å². The van der Waals surface area contributed by atoms with E-state index in [1.807, 2.05) is 18.7 Å². The molecule has 3 saturated heterocycles. The molecule has 3 aliphatic heterocycles. The van der Waals surface area contributed by atoms with Crippen molar-refractivity contribution in [3.05, 3.63) is 17.0 Å². The molecular weight excluding hydrogens is 407 g/mol. The van der Waals surface area contributed by atoms with Gasteiger partial charge in [-0.1, -0.05) is 5.16 Å². The lowest BCUT2D eigenvalue weighted by Gasteiger charge is -2.33. The van der Waals surface area contributed by atoms with Crippen molar-refractivity contribution in [1.82, 2.24) is 15.0 Å². The Kier molecular flexibility index (Phi) is 6.71. The molecule has 30 heavy (non-hydrogen) atoms. The normalized spacial score (nSPS) is 26.4. The first-order valence-electron chi connectivity index (χ1n) is 9.94. The zero-order chi connectivity index (χ0) is 22.1. The topological polar surface area (TPSA) is 96.1 Å². The van der Waals surface area contributed by atoms with Crippen LogP contribution in [0.5, 0.6) is 0 Å². The van der Waals surface area contributed by atoms with Crippen LogP contribution in [0.25, 0.3) is 0 Å². The highest BCUT2D eigenvalue weighted by molar-refractivity contribution is 5.80. The Morgan fingerprint density at radius 3 is 2.37 bits per heavy atom. The van der Waals surface area contributed by atoms with Crippen LogP contribution in [-0.4, -0.2) is 76.5 Å². The average Bonchev–Trinajstić information content (AvgIpc) is 3.38. The molecule has 1 N–H and O–H groups in total. The molecule has 3 atom stereocenters.